The molecule has 0 radical (unpaired) electrons. The van der Waals surface area contributed by atoms with E-state index in [9.17, 15) is 19.2 Å². The minimum Gasteiger partial charge on any atom is -0.435 e. The summed E-state index contributed by atoms with van der Waals surface area (Å²) in [6.07, 6.45) is 5.99. The maximum absolute atomic E-state index is 10.8. The lowest BCUT2D eigenvalue weighted by Gasteiger charge is -2.03. The topological polar surface area (TPSA) is 124 Å². The van der Waals surface area contributed by atoms with Crippen molar-refractivity contribution in [3.63, 3.8) is 0 Å². The number of unbranched alkanes of at least 4 members (excludes halogenated alkanes) is 1. The summed E-state index contributed by atoms with van der Waals surface area (Å²) in [6.45, 7) is 12.9. The SMILES string of the molecule is C=COC(=O)CCCCC(=O)OC=C.C=COC(=O)COCCOCC(=O)OC=C. The second-order valence-electron chi connectivity index (χ2n) is 4.94. The first kappa shape index (κ1) is 29.0. The molecule has 0 aromatic heterocycles. The molecule has 0 aliphatic heterocycles. The van der Waals surface area contributed by atoms with Crippen molar-refractivity contribution >= 4 is 23.9 Å². The molecule has 0 aromatic rings. The number of ether oxygens (including phenoxy) is 6. The molecule has 0 rings (SSSR count). The van der Waals surface area contributed by atoms with E-state index in [1.54, 1.807) is 0 Å². The summed E-state index contributed by atoms with van der Waals surface area (Å²) in [5.74, 6) is -1.75. The lowest BCUT2D eigenvalue weighted by atomic mass is 10.2. The molecule has 0 bridgehead atoms. The smallest absolute Gasteiger partial charge is 0.336 e. The molecule has 0 atom stereocenters. The van der Waals surface area contributed by atoms with Gasteiger partial charge in [0.05, 0.1) is 38.3 Å². The minimum atomic E-state index is -0.541. The van der Waals surface area contributed by atoms with Crippen LogP contribution in [0.4, 0.5) is 0 Å². The van der Waals surface area contributed by atoms with Crippen LogP contribution >= 0.6 is 0 Å². The van der Waals surface area contributed by atoms with Crippen LogP contribution in [-0.2, 0) is 47.6 Å². The standard InChI is InChI=1S/C10H14O6.C10H14O4/c1-3-15-9(11)7-13-5-6-14-8-10(12)16-4-2;1-3-13-9(11)7-5-6-8-10(12)14-4-2/h3-4H,1-2,5-8H2;3-4H,1-2,5-8H2. The quantitative estimate of drug-likeness (QED) is 0.156. The molecule has 0 heterocycles. The third-order valence-corrected chi connectivity index (χ3v) is 2.68. The summed E-state index contributed by atoms with van der Waals surface area (Å²) in [5.41, 5.74) is 0. The highest BCUT2D eigenvalue weighted by Crippen LogP contribution is 2.02. The van der Waals surface area contributed by atoms with Gasteiger partial charge in [0.2, 0.25) is 0 Å². The fraction of sp³-hybridized carbons (Fsp3) is 0.400. The molecule has 10 nitrogen and oxygen atoms in total. The molecule has 0 spiro atoms. The van der Waals surface area contributed by atoms with Gasteiger partial charge in [-0.25, -0.2) is 9.59 Å². The molecule has 0 aliphatic carbocycles. The highest BCUT2D eigenvalue weighted by molar-refractivity contribution is 5.72. The van der Waals surface area contributed by atoms with Crippen LogP contribution in [0.25, 0.3) is 0 Å². The first-order chi connectivity index (χ1) is 14.4. The summed E-state index contributed by atoms with van der Waals surface area (Å²) in [7, 11) is 0. The third kappa shape index (κ3) is 22.8. The fourth-order valence-electron chi connectivity index (χ4n) is 1.53. The predicted molar refractivity (Wildman–Crippen MR) is 105 cm³/mol. The third-order valence-electron chi connectivity index (χ3n) is 2.68. The highest BCUT2D eigenvalue weighted by Gasteiger charge is 2.04. The number of rotatable bonds is 16. The van der Waals surface area contributed by atoms with Crippen LogP contribution in [0, 0.1) is 0 Å². The van der Waals surface area contributed by atoms with Gasteiger partial charge in [-0.05, 0) is 12.8 Å². The summed E-state index contributed by atoms with van der Waals surface area (Å²) in [6, 6.07) is 0. The molecule has 0 N–H and O–H groups in total. The lowest BCUT2D eigenvalue weighted by molar-refractivity contribution is -0.147. The Labute approximate surface area is 175 Å². The van der Waals surface area contributed by atoms with E-state index < -0.39 is 11.9 Å². The van der Waals surface area contributed by atoms with Crippen molar-refractivity contribution in [1.29, 1.82) is 0 Å². The van der Waals surface area contributed by atoms with E-state index >= 15 is 0 Å². The summed E-state index contributed by atoms with van der Waals surface area (Å²) < 4.78 is 27.5. The van der Waals surface area contributed by atoms with Crippen LogP contribution in [0.2, 0.25) is 0 Å². The average Bonchev–Trinajstić information content (AvgIpc) is 2.69. The van der Waals surface area contributed by atoms with Crippen molar-refractivity contribution in [3.8, 4) is 0 Å². The van der Waals surface area contributed by atoms with Gasteiger partial charge in [0.25, 0.3) is 0 Å². The molecular formula is C20H28O10. The van der Waals surface area contributed by atoms with Gasteiger partial charge < -0.3 is 28.4 Å². The summed E-state index contributed by atoms with van der Waals surface area (Å²) in [5, 5.41) is 0. The maximum Gasteiger partial charge on any atom is 0.336 e. The Hall–Kier alpha value is -3.24. The zero-order chi connectivity index (χ0) is 23.0. The van der Waals surface area contributed by atoms with E-state index in [0.717, 1.165) is 25.0 Å². The van der Waals surface area contributed by atoms with Crippen LogP contribution in [0.1, 0.15) is 25.7 Å². The number of hydrogen-bond acceptors (Lipinski definition) is 10. The summed E-state index contributed by atoms with van der Waals surface area (Å²) in [4.78, 5) is 43.0. The normalized spacial score (nSPS) is 9.07. The lowest BCUT2D eigenvalue weighted by Crippen LogP contribution is -2.16. The number of hydrogen-bond donors (Lipinski definition) is 0. The molecule has 168 valence electrons. The molecule has 30 heavy (non-hydrogen) atoms. The Kier molecular flexibility index (Phi) is 21.3. The molecule has 0 saturated carbocycles. The Bertz CT molecular complexity index is 518. The molecule has 0 aliphatic rings. The Morgan fingerprint density at radius 2 is 0.833 bits per heavy atom. The van der Waals surface area contributed by atoms with E-state index in [1.165, 1.54) is 0 Å². The van der Waals surface area contributed by atoms with Crippen LogP contribution in [0.3, 0.4) is 0 Å². The molecule has 0 aromatic carbocycles. The Balaban J connectivity index is 0. The molecule has 0 saturated heterocycles. The van der Waals surface area contributed by atoms with E-state index in [2.05, 4.69) is 45.3 Å². The van der Waals surface area contributed by atoms with Crippen molar-refractivity contribution in [2.24, 2.45) is 0 Å². The van der Waals surface area contributed by atoms with E-state index in [4.69, 9.17) is 9.47 Å². The fourth-order valence-corrected chi connectivity index (χ4v) is 1.53. The Morgan fingerprint density at radius 1 is 0.533 bits per heavy atom. The van der Waals surface area contributed by atoms with Crippen LogP contribution in [0.5, 0.6) is 0 Å². The molecular weight excluding hydrogens is 400 g/mol. The van der Waals surface area contributed by atoms with Crippen molar-refractivity contribution in [2.45, 2.75) is 25.7 Å². The highest BCUT2D eigenvalue weighted by atomic mass is 16.6. The van der Waals surface area contributed by atoms with Crippen molar-refractivity contribution in [2.75, 3.05) is 26.4 Å². The predicted octanol–water partition coefficient (Wildman–Crippen LogP) is 2.31. The van der Waals surface area contributed by atoms with Gasteiger partial charge in [-0.15, -0.1) is 0 Å². The second kappa shape index (κ2) is 22.1. The summed E-state index contributed by atoms with van der Waals surface area (Å²) >= 11 is 0. The zero-order valence-electron chi connectivity index (χ0n) is 16.9. The van der Waals surface area contributed by atoms with Crippen LogP contribution in [0.15, 0.2) is 51.4 Å². The van der Waals surface area contributed by atoms with Crippen LogP contribution < -0.4 is 0 Å². The van der Waals surface area contributed by atoms with Gasteiger partial charge in [-0.1, -0.05) is 26.3 Å². The molecule has 0 amide bonds. The van der Waals surface area contributed by atoms with E-state index in [-0.39, 0.29) is 51.2 Å². The molecule has 0 fully saturated rings. The van der Waals surface area contributed by atoms with Gasteiger partial charge in [-0.3, -0.25) is 9.59 Å². The van der Waals surface area contributed by atoms with Gasteiger partial charge >= 0.3 is 23.9 Å². The molecule has 10 heteroatoms. The van der Waals surface area contributed by atoms with Gasteiger partial charge in [0.1, 0.15) is 13.2 Å². The van der Waals surface area contributed by atoms with Gasteiger partial charge in [0, 0.05) is 12.8 Å². The van der Waals surface area contributed by atoms with E-state index in [1.807, 2.05) is 0 Å². The zero-order valence-corrected chi connectivity index (χ0v) is 16.9. The van der Waals surface area contributed by atoms with Crippen molar-refractivity contribution in [3.05, 3.63) is 51.4 Å². The maximum atomic E-state index is 10.8. The number of esters is 4. The monoisotopic (exact) mass is 428 g/mol. The van der Waals surface area contributed by atoms with Crippen LogP contribution in [-0.4, -0.2) is 50.3 Å². The van der Waals surface area contributed by atoms with Gasteiger partial charge in [-0.2, -0.15) is 0 Å². The molecule has 0 unspecified atom stereocenters. The van der Waals surface area contributed by atoms with Crippen molar-refractivity contribution in [1.82, 2.24) is 0 Å². The van der Waals surface area contributed by atoms with Gasteiger partial charge in [0.15, 0.2) is 0 Å². The Morgan fingerprint density at radius 3 is 1.13 bits per heavy atom. The average molecular weight is 428 g/mol. The second-order valence-corrected chi connectivity index (χ2v) is 4.94. The number of carbonyl (C=O) groups is 4. The first-order valence-corrected chi connectivity index (χ1v) is 8.78. The van der Waals surface area contributed by atoms with Crippen molar-refractivity contribution < 1.29 is 47.6 Å². The number of carbonyl (C=O) groups excluding carboxylic acids is 4. The van der Waals surface area contributed by atoms with E-state index in [0.29, 0.717) is 12.8 Å². The first-order valence-electron chi connectivity index (χ1n) is 8.78. The largest absolute Gasteiger partial charge is 0.435 e. The minimum absolute atomic E-state index is 0.174.